The van der Waals surface area contributed by atoms with Crippen LogP contribution >= 0.6 is 39.9 Å². The van der Waals surface area contributed by atoms with Crippen LogP contribution < -0.4 is 4.90 Å². The molecule has 1 saturated carbocycles. The summed E-state index contributed by atoms with van der Waals surface area (Å²) in [6.07, 6.45) is 6.19. The quantitative estimate of drug-likeness (QED) is 0.458. The van der Waals surface area contributed by atoms with E-state index < -0.39 is 0 Å². The van der Waals surface area contributed by atoms with Gasteiger partial charge in [-0.05, 0) is 37.5 Å². The fourth-order valence-electron chi connectivity index (χ4n) is 4.07. The van der Waals surface area contributed by atoms with Gasteiger partial charge in [-0.2, -0.15) is 0 Å². The SMILES string of the molecule is CCCCN1C(=O)/C(=C2\SC(=S)N(C3CCCC3)C2=O)c2cc(Br)ccc21. The minimum Gasteiger partial charge on any atom is -0.308 e. The Hall–Kier alpha value is -1.18. The number of thioether (sulfide) groups is 1. The average Bonchev–Trinajstić information content (AvgIpc) is 3.31. The molecule has 2 amide bonds. The topological polar surface area (TPSA) is 40.6 Å². The lowest BCUT2D eigenvalue weighted by Gasteiger charge is -2.22. The van der Waals surface area contributed by atoms with Crippen molar-refractivity contribution in [3.05, 3.63) is 33.1 Å². The molecule has 1 aliphatic carbocycles. The Morgan fingerprint density at radius 2 is 1.96 bits per heavy atom. The van der Waals surface area contributed by atoms with Crippen molar-refractivity contribution in [1.82, 2.24) is 4.90 Å². The first-order chi connectivity index (χ1) is 13.0. The van der Waals surface area contributed by atoms with E-state index in [1.807, 2.05) is 23.1 Å². The molecule has 3 aliphatic rings. The zero-order chi connectivity index (χ0) is 19.1. The molecule has 0 atom stereocenters. The van der Waals surface area contributed by atoms with Gasteiger partial charge >= 0.3 is 0 Å². The Kier molecular flexibility index (Phi) is 5.45. The highest BCUT2D eigenvalue weighted by Crippen LogP contribution is 2.46. The normalized spacial score (nSPS) is 23.1. The molecule has 7 heteroatoms. The maximum Gasteiger partial charge on any atom is 0.267 e. The molecule has 0 unspecified atom stereocenters. The third-order valence-corrected chi connectivity index (χ3v) is 7.32. The van der Waals surface area contributed by atoms with Gasteiger partial charge in [0.25, 0.3) is 11.8 Å². The van der Waals surface area contributed by atoms with Crippen LogP contribution in [0.2, 0.25) is 0 Å². The average molecular weight is 465 g/mol. The minimum atomic E-state index is -0.0940. The van der Waals surface area contributed by atoms with Gasteiger partial charge < -0.3 is 4.90 Å². The first-order valence-corrected chi connectivity index (χ1v) is 11.5. The molecule has 4 rings (SSSR count). The number of thiocarbonyl (C=S) groups is 1. The molecule has 142 valence electrons. The Morgan fingerprint density at radius 1 is 1.22 bits per heavy atom. The van der Waals surface area contributed by atoms with Crippen LogP contribution in [0.4, 0.5) is 5.69 Å². The van der Waals surface area contributed by atoms with Gasteiger partial charge in [-0.1, -0.05) is 66.1 Å². The Bertz CT molecular complexity index is 862. The number of carbonyl (C=O) groups is 2. The van der Waals surface area contributed by atoms with Crippen LogP contribution in [0, 0.1) is 0 Å². The zero-order valence-corrected chi connectivity index (χ0v) is 18.4. The van der Waals surface area contributed by atoms with E-state index in [4.69, 9.17) is 12.2 Å². The number of benzene rings is 1. The molecule has 27 heavy (non-hydrogen) atoms. The Labute approximate surface area is 177 Å². The number of amides is 2. The molecule has 0 radical (unpaired) electrons. The fraction of sp³-hybridized carbons (Fsp3) is 0.450. The predicted octanol–water partition coefficient (Wildman–Crippen LogP) is 5.11. The monoisotopic (exact) mass is 464 g/mol. The van der Waals surface area contributed by atoms with Crippen molar-refractivity contribution in [1.29, 1.82) is 0 Å². The van der Waals surface area contributed by atoms with Crippen molar-refractivity contribution in [3.8, 4) is 0 Å². The van der Waals surface area contributed by atoms with E-state index in [0.717, 1.165) is 54.2 Å². The number of halogens is 1. The van der Waals surface area contributed by atoms with Crippen LogP contribution in [-0.2, 0) is 9.59 Å². The largest absolute Gasteiger partial charge is 0.308 e. The van der Waals surface area contributed by atoms with Crippen LogP contribution in [0.3, 0.4) is 0 Å². The van der Waals surface area contributed by atoms with Gasteiger partial charge in [0, 0.05) is 22.6 Å². The van der Waals surface area contributed by atoms with Crippen LogP contribution in [-0.4, -0.2) is 33.6 Å². The molecule has 0 aromatic heterocycles. The van der Waals surface area contributed by atoms with E-state index in [2.05, 4.69) is 22.9 Å². The molecule has 2 aliphatic heterocycles. The summed E-state index contributed by atoms with van der Waals surface area (Å²) in [5.74, 6) is -0.174. The molecule has 0 N–H and O–H groups in total. The third-order valence-electron chi connectivity index (χ3n) is 5.43. The van der Waals surface area contributed by atoms with Crippen molar-refractivity contribution in [2.24, 2.45) is 0 Å². The van der Waals surface area contributed by atoms with E-state index in [9.17, 15) is 9.59 Å². The number of nitrogens with zero attached hydrogens (tertiary/aromatic N) is 2. The van der Waals surface area contributed by atoms with E-state index >= 15 is 0 Å². The molecule has 1 aromatic rings. The molecule has 0 bridgehead atoms. The maximum absolute atomic E-state index is 13.3. The van der Waals surface area contributed by atoms with E-state index in [1.54, 1.807) is 4.90 Å². The van der Waals surface area contributed by atoms with Crippen LogP contribution in [0.5, 0.6) is 0 Å². The number of hydrogen-bond donors (Lipinski definition) is 0. The fourth-order valence-corrected chi connectivity index (χ4v) is 5.90. The second-order valence-corrected chi connectivity index (χ2v) is 9.72. The molecule has 4 nitrogen and oxygen atoms in total. The van der Waals surface area contributed by atoms with Gasteiger partial charge in [-0.25, -0.2) is 0 Å². The third kappa shape index (κ3) is 3.28. The highest BCUT2D eigenvalue weighted by Gasteiger charge is 2.44. The first kappa shape index (κ1) is 19.2. The van der Waals surface area contributed by atoms with Crippen molar-refractivity contribution < 1.29 is 9.59 Å². The number of unbranched alkanes of at least 4 members (excludes halogenated alkanes) is 1. The Balaban J connectivity index is 1.78. The zero-order valence-electron chi connectivity index (χ0n) is 15.2. The summed E-state index contributed by atoms with van der Waals surface area (Å²) in [5, 5.41) is 0. The van der Waals surface area contributed by atoms with Crippen molar-refractivity contribution in [2.45, 2.75) is 51.5 Å². The molecule has 2 heterocycles. The van der Waals surface area contributed by atoms with Gasteiger partial charge in [0.15, 0.2) is 0 Å². The van der Waals surface area contributed by atoms with E-state index in [0.29, 0.717) is 21.3 Å². The minimum absolute atomic E-state index is 0.0801. The van der Waals surface area contributed by atoms with Crippen molar-refractivity contribution >= 4 is 67.3 Å². The standard InChI is InChI=1S/C20H21BrN2O2S2/c1-2-3-10-22-15-9-8-12(21)11-14(15)16(18(22)24)17-19(25)23(20(26)27-17)13-6-4-5-7-13/h8-9,11,13H,2-7,10H2,1H3/b17-16-. The van der Waals surface area contributed by atoms with Gasteiger partial charge in [0.05, 0.1) is 16.2 Å². The number of carbonyl (C=O) groups excluding carboxylic acids is 2. The second-order valence-electron chi connectivity index (χ2n) is 7.16. The summed E-state index contributed by atoms with van der Waals surface area (Å²) in [5.41, 5.74) is 2.23. The van der Waals surface area contributed by atoms with E-state index in [-0.39, 0.29) is 17.9 Å². The van der Waals surface area contributed by atoms with Gasteiger partial charge in [-0.3, -0.25) is 14.5 Å². The number of hydrogen-bond acceptors (Lipinski definition) is 4. The van der Waals surface area contributed by atoms with Crippen LogP contribution in [0.25, 0.3) is 5.57 Å². The smallest absolute Gasteiger partial charge is 0.267 e. The summed E-state index contributed by atoms with van der Waals surface area (Å²) in [4.78, 5) is 30.6. The highest BCUT2D eigenvalue weighted by molar-refractivity contribution is 9.10. The summed E-state index contributed by atoms with van der Waals surface area (Å²) < 4.78 is 1.49. The number of rotatable bonds is 4. The molecular weight excluding hydrogens is 444 g/mol. The van der Waals surface area contributed by atoms with Gasteiger partial charge in [0.1, 0.15) is 4.32 Å². The summed E-state index contributed by atoms with van der Waals surface area (Å²) in [7, 11) is 0. The summed E-state index contributed by atoms with van der Waals surface area (Å²) in [6.45, 7) is 2.77. The summed E-state index contributed by atoms with van der Waals surface area (Å²) >= 11 is 10.3. The lowest BCUT2D eigenvalue weighted by Crippen LogP contribution is -2.37. The first-order valence-electron chi connectivity index (χ1n) is 9.44. The van der Waals surface area contributed by atoms with Gasteiger partial charge in [0.2, 0.25) is 0 Å². The van der Waals surface area contributed by atoms with Crippen molar-refractivity contribution in [3.63, 3.8) is 0 Å². The van der Waals surface area contributed by atoms with Gasteiger partial charge in [-0.15, -0.1) is 0 Å². The lowest BCUT2D eigenvalue weighted by molar-refractivity contribution is -0.123. The lowest BCUT2D eigenvalue weighted by atomic mass is 10.1. The number of anilines is 1. The van der Waals surface area contributed by atoms with E-state index in [1.165, 1.54) is 11.8 Å². The molecule has 1 aromatic carbocycles. The predicted molar refractivity (Wildman–Crippen MR) is 118 cm³/mol. The second kappa shape index (κ2) is 7.68. The Morgan fingerprint density at radius 3 is 2.67 bits per heavy atom. The maximum atomic E-state index is 13.3. The van der Waals surface area contributed by atoms with Crippen molar-refractivity contribution in [2.75, 3.05) is 11.4 Å². The molecule has 2 fully saturated rings. The molecule has 0 spiro atoms. The molecule has 1 saturated heterocycles. The summed E-state index contributed by atoms with van der Waals surface area (Å²) in [6, 6.07) is 6.02. The van der Waals surface area contributed by atoms with Crippen LogP contribution in [0.1, 0.15) is 51.0 Å². The molecular formula is C20H21BrN2O2S2. The number of fused-ring (bicyclic) bond motifs is 1. The van der Waals surface area contributed by atoms with Crippen LogP contribution in [0.15, 0.2) is 27.6 Å². The highest BCUT2D eigenvalue weighted by atomic mass is 79.9.